The Morgan fingerprint density at radius 1 is 1.17 bits per heavy atom. The first-order valence-corrected chi connectivity index (χ1v) is 5.60. The van der Waals surface area contributed by atoms with Gasteiger partial charge in [0.25, 0.3) is 5.91 Å². The summed E-state index contributed by atoms with van der Waals surface area (Å²) >= 11 is 0. The third-order valence-electron chi connectivity index (χ3n) is 2.00. The second-order valence-corrected chi connectivity index (χ2v) is 3.56. The summed E-state index contributed by atoms with van der Waals surface area (Å²) in [5.41, 5.74) is 5.11. The third kappa shape index (κ3) is 7.16. The summed E-state index contributed by atoms with van der Waals surface area (Å²) in [5.74, 6) is -2.26. The van der Waals surface area contributed by atoms with Gasteiger partial charge in [-0.2, -0.15) is 0 Å². The Kier molecular flexibility index (Phi) is 7.85. The number of ketones is 1. The van der Waals surface area contributed by atoms with Gasteiger partial charge in [0.05, 0.1) is 0 Å². The Labute approximate surface area is 106 Å². The quantitative estimate of drug-likeness (QED) is 0.613. The molecule has 1 amide bonds. The Morgan fingerprint density at radius 2 is 1.72 bits per heavy atom. The van der Waals surface area contributed by atoms with Gasteiger partial charge in [0.1, 0.15) is 0 Å². The summed E-state index contributed by atoms with van der Waals surface area (Å²) in [7, 11) is 0. The number of hydrogen-bond acceptors (Lipinski definition) is 3. The van der Waals surface area contributed by atoms with E-state index in [4.69, 9.17) is 10.8 Å². The predicted molar refractivity (Wildman–Crippen MR) is 67.1 cm³/mol. The number of amides is 1. The fourth-order valence-electron chi connectivity index (χ4n) is 1.06. The third-order valence-corrected chi connectivity index (χ3v) is 2.00. The van der Waals surface area contributed by atoms with Gasteiger partial charge in [0.2, 0.25) is 5.78 Å². The number of carbonyl (C=O) groups excluding carboxylic acids is 2. The largest absolute Gasteiger partial charge is 0.481 e. The SMILES string of the molecule is CCCCC(=O)O.NC(=O)C(=O)c1ccccc1. The van der Waals surface area contributed by atoms with Crippen molar-refractivity contribution in [3.63, 3.8) is 0 Å². The lowest BCUT2D eigenvalue weighted by Gasteiger charge is -1.92. The molecule has 3 N–H and O–H groups in total. The molecule has 5 heteroatoms. The first-order valence-electron chi connectivity index (χ1n) is 5.60. The summed E-state index contributed by atoms with van der Waals surface area (Å²) in [6.45, 7) is 1.98. The number of aliphatic carboxylic acids is 1. The molecule has 98 valence electrons. The van der Waals surface area contributed by atoms with Gasteiger partial charge >= 0.3 is 5.97 Å². The smallest absolute Gasteiger partial charge is 0.303 e. The molecule has 0 heterocycles. The van der Waals surface area contributed by atoms with Crippen LogP contribution >= 0.6 is 0 Å². The molecule has 0 atom stereocenters. The van der Waals surface area contributed by atoms with Crippen molar-refractivity contribution >= 4 is 17.7 Å². The molecule has 1 rings (SSSR count). The molecule has 0 saturated heterocycles. The molecule has 0 bridgehead atoms. The van der Waals surface area contributed by atoms with E-state index in [0.717, 1.165) is 12.8 Å². The number of hydrogen-bond donors (Lipinski definition) is 2. The van der Waals surface area contributed by atoms with Crippen LogP contribution in [0.4, 0.5) is 0 Å². The lowest BCUT2D eigenvalue weighted by molar-refractivity contribution is -0.137. The predicted octanol–water partition coefficient (Wildman–Crippen LogP) is 1.62. The number of carboxylic acids is 1. The van der Waals surface area contributed by atoms with E-state index in [1.54, 1.807) is 30.3 Å². The highest BCUT2D eigenvalue weighted by Crippen LogP contribution is 1.98. The average molecular weight is 251 g/mol. The molecular weight excluding hydrogens is 234 g/mol. The number of nitrogens with two attached hydrogens (primary N) is 1. The van der Waals surface area contributed by atoms with Crippen LogP contribution in [0.15, 0.2) is 30.3 Å². The standard InChI is InChI=1S/C8H7NO2.C5H10O2/c9-8(11)7(10)6-4-2-1-3-5-6;1-2-3-4-5(6)7/h1-5H,(H2,9,11);2-4H2,1H3,(H,6,7). The van der Waals surface area contributed by atoms with Gasteiger partial charge in [-0.25, -0.2) is 0 Å². The number of Topliss-reactive ketones (excluding diaryl/α,β-unsaturated/α-hetero) is 1. The van der Waals surface area contributed by atoms with E-state index < -0.39 is 17.7 Å². The van der Waals surface area contributed by atoms with Crippen LogP contribution in [-0.4, -0.2) is 22.8 Å². The maximum Gasteiger partial charge on any atom is 0.303 e. The summed E-state index contributed by atoms with van der Waals surface area (Å²) in [4.78, 5) is 31.0. The number of carboxylic acid groups (broad SMARTS) is 1. The molecule has 0 aliphatic carbocycles. The monoisotopic (exact) mass is 251 g/mol. The second-order valence-electron chi connectivity index (χ2n) is 3.56. The van der Waals surface area contributed by atoms with Crippen molar-refractivity contribution in [3.8, 4) is 0 Å². The molecule has 5 nitrogen and oxygen atoms in total. The minimum atomic E-state index is -0.920. The normalized spacial score (nSPS) is 8.94. The van der Waals surface area contributed by atoms with Crippen molar-refractivity contribution in [1.82, 2.24) is 0 Å². The molecule has 0 saturated carbocycles. The van der Waals surface area contributed by atoms with Crippen molar-refractivity contribution in [1.29, 1.82) is 0 Å². The fourth-order valence-corrected chi connectivity index (χ4v) is 1.06. The van der Waals surface area contributed by atoms with Crippen LogP contribution in [0.25, 0.3) is 0 Å². The zero-order valence-electron chi connectivity index (χ0n) is 10.3. The molecule has 0 spiro atoms. The van der Waals surface area contributed by atoms with Gasteiger partial charge < -0.3 is 10.8 Å². The lowest BCUT2D eigenvalue weighted by Crippen LogP contribution is -2.22. The first-order chi connectivity index (χ1) is 8.49. The minimum Gasteiger partial charge on any atom is -0.481 e. The van der Waals surface area contributed by atoms with Crippen molar-refractivity contribution in [2.45, 2.75) is 26.2 Å². The molecule has 1 aromatic rings. The molecule has 18 heavy (non-hydrogen) atoms. The lowest BCUT2D eigenvalue weighted by atomic mass is 10.1. The van der Waals surface area contributed by atoms with Crippen LogP contribution in [0.5, 0.6) is 0 Å². The van der Waals surface area contributed by atoms with Crippen molar-refractivity contribution in [3.05, 3.63) is 35.9 Å². The van der Waals surface area contributed by atoms with Crippen molar-refractivity contribution in [2.75, 3.05) is 0 Å². The summed E-state index contributed by atoms with van der Waals surface area (Å²) < 4.78 is 0. The number of carbonyl (C=O) groups is 3. The summed E-state index contributed by atoms with van der Waals surface area (Å²) in [6.07, 6.45) is 2.08. The van der Waals surface area contributed by atoms with E-state index in [2.05, 4.69) is 0 Å². The summed E-state index contributed by atoms with van der Waals surface area (Å²) in [5, 5.41) is 8.04. The fraction of sp³-hybridized carbons (Fsp3) is 0.308. The molecule has 0 unspecified atom stereocenters. The van der Waals surface area contributed by atoms with Gasteiger partial charge in [0, 0.05) is 12.0 Å². The number of primary amides is 1. The Hall–Kier alpha value is -2.17. The molecule has 0 aromatic heterocycles. The van der Waals surface area contributed by atoms with Gasteiger partial charge in [-0.15, -0.1) is 0 Å². The van der Waals surface area contributed by atoms with E-state index in [1.165, 1.54) is 0 Å². The topological polar surface area (TPSA) is 97.5 Å². The van der Waals surface area contributed by atoms with E-state index in [0.29, 0.717) is 12.0 Å². The van der Waals surface area contributed by atoms with Crippen LogP contribution in [-0.2, 0) is 9.59 Å². The van der Waals surface area contributed by atoms with Gasteiger partial charge in [-0.1, -0.05) is 43.7 Å². The zero-order chi connectivity index (χ0) is 14.0. The maximum atomic E-state index is 10.9. The highest BCUT2D eigenvalue weighted by Gasteiger charge is 2.09. The molecule has 1 aromatic carbocycles. The van der Waals surface area contributed by atoms with Crippen molar-refractivity contribution < 1.29 is 19.5 Å². The van der Waals surface area contributed by atoms with Crippen LogP contribution in [0.2, 0.25) is 0 Å². The van der Waals surface area contributed by atoms with Gasteiger partial charge in [-0.3, -0.25) is 14.4 Å². The Morgan fingerprint density at radius 3 is 2.06 bits per heavy atom. The van der Waals surface area contributed by atoms with Gasteiger partial charge in [0.15, 0.2) is 0 Å². The summed E-state index contributed by atoms with van der Waals surface area (Å²) in [6, 6.07) is 8.21. The number of unbranched alkanes of at least 4 members (excludes halogenated alkanes) is 1. The highest BCUT2D eigenvalue weighted by molar-refractivity contribution is 6.42. The molecule has 0 radical (unpaired) electrons. The van der Waals surface area contributed by atoms with E-state index in [-0.39, 0.29) is 0 Å². The molecule has 0 aliphatic rings. The Balaban J connectivity index is 0.000000360. The molecule has 0 fully saturated rings. The van der Waals surface area contributed by atoms with E-state index in [9.17, 15) is 14.4 Å². The minimum absolute atomic E-state index is 0.316. The van der Waals surface area contributed by atoms with Crippen LogP contribution in [0.1, 0.15) is 36.5 Å². The van der Waals surface area contributed by atoms with Crippen LogP contribution in [0, 0.1) is 0 Å². The van der Waals surface area contributed by atoms with E-state index >= 15 is 0 Å². The second kappa shape index (κ2) is 8.92. The highest BCUT2D eigenvalue weighted by atomic mass is 16.4. The average Bonchev–Trinajstić information content (AvgIpc) is 2.37. The zero-order valence-corrected chi connectivity index (χ0v) is 10.3. The van der Waals surface area contributed by atoms with Crippen molar-refractivity contribution in [2.24, 2.45) is 5.73 Å². The first kappa shape index (κ1) is 15.8. The van der Waals surface area contributed by atoms with Crippen LogP contribution in [0.3, 0.4) is 0 Å². The number of rotatable bonds is 5. The maximum absolute atomic E-state index is 10.9. The number of benzene rings is 1. The van der Waals surface area contributed by atoms with Crippen LogP contribution < -0.4 is 5.73 Å². The van der Waals surface area contributed by atoms with E-state index in [1.807, 2.05) is 6.92 Å². The molecule has 0 aliphatic heterocycles. The van der Waals surface area contributed by atoms with Gasteiger partial charge in [-0.05, 0) is 6.42 Å². The molecular formula is C13H17NO4. The Bertz CT molecular complexity index is 401.